The SMILES string of the molecule is O=C(Nc1sc2c(c1[C@H](c1ccccc1)N1CCCCC1)CCCC2)c1ccco1. The second-order valence-corrected chi connectivity index (χ2v) is 9.40. The van der Waals surface area contributed by atoms with Crippen molar-refractivity contribution in [3.8, 4) is 0 Å². The fourth-order valence-electron chi connectivity index (χ4n) is 4.92. The van der Waals surface area contributed by atoms with E-state index in [1.54, 1.807) is 29.7 Å². The molecule has 0 spiro atoms. The van der Waals surface area contributed by atoms with Crippen LogP contribution in [0.1, 0.15) is 70.3 Å². The minimum absolute atomic E-state index is 0.162. The molecule has 4 nitrogen and oxygen atoms in total. The molecule has 1 aromatic carbocycles. The number of furan rings is 1. The maximum absolute atomic E-state index is 12.9. The van der Waals surface area contributed by atoms with Gasteiger partial charge in [-0.25, -0.2) is 0 Å². The van der Waals surface area contributed by atoms with Crippen molar-refractivity contribution < 1.29 is 9.21 Å². The molecule has 1 N–H and O–H groups in total. The molecule has 0 saturated carbocycles. The smallest absolute Gasteiger partial charge is 0.291 e. The predicted molar refractivity (Wildman–Crippen MR) is 121 cm³/mol. The Kier molecular flexibility index (Phi) is 5.73. The molecular formula is C25H28N2O2S. The van der Waals surface area contributed by atoms with Crippen LogP contribution in [0.25, 0.3) is 0 Å². The highest BCUT2D eigenvalue weighted by atomic mass is 32.1. The summed E-state index contributed by atoms with van der Waals surface area (Å²) < 4.78 is 5.35. The second kappa shape index (κ2) is 8.78. The number of anilines is 1. The van der Waals surface area contributed by atoms with Crippen molar-refractivity contribution in [2.75, 3.05) is 18.4 Å². The van der Waals surface area contributed by atoms with Gasteiger partial charge in [-0.05, 0) is 74.9 Å². The van der Waals surface area contributed by atoms with Gasteiger partial charge in [0, 0.05) is 10.4 Å². The molecule has 1 fully saturated rings. The summed E-state index contributed by atoms with van der Waals surface area (Å²) in [5, 5.41) is 4.22. The van der Waals surface area contributed by atoms with E-state index in [1.165, 1.54) is 53.7 Å². The normalized spacial score (nSPS) is 18.0. The van der Waals surface area contributed by atoms with Gasteiger partial charge in [0.1, 0.15) is 5.00 Å². The first kappa shape index (κ1) is 19.6. The number of rotatable bonds is 5. The largest absolute Gasteiger partial charge is 0.459 e. The molecule has 2 aromatic heterocycles. The van der Waals surface area contributed by atoms with Crippen molar-refractivity contribution in [1.29, 1.82) is 0 Å². The third-order valence-corrected chi connectivity index (χ3v) is 7.55. The average molecular weight is 421 g/mol. The van der Waals surface area contributed by atoms with E-state index < -0.39 is 0 Å². The van der Waals surface area contributed by atoms with Gasteiger partial charge in [-0.3, -0.25) is 9.69 Å². The van der Waals surface area contributed by atoms with Crippen LogP contribution in [-0.2, 0) is 12.8 Å². The Balaban J connectivity index is 1.60. The van der Waals surface area contributed by atoms with Gasteiger partial charge in [-0.15, -0.1) is 11.3 Å². The van der Waals surface area contributed by atoms with Gasteiger partial charge < -0.3 is 9.73 Å². The number of benzene rings is 1. The molecule has 5 heteroatoms. The summed E-state index contributed by atoms with van der Waals surface area (Å²) >= 11 is 1.77. The fraction of sp³-hybridized carbons (Fsp3) is 0.400. The summed E-state index contributed by atoms with van der Waals surface area (Å²) in [6.45, 7) is 2.21. The third-order valence-electron chi connectivity index (χ3n) is 6.33. The monoisotopic (exact) mass is 420 g/mol. The molecule has 156 valence electrons. The molecule has 1 aliphatic heterocycles. The second-order valence-electron chi connectivity index (χ2n) is 8.29. The number of amides is 1. The van der Waals surface area contributed by atoms with Crippen molar-refractivity contribution >= 4 is 22.2 Å². The first-order valence-electron chi connectivity index (χ1n) is 11.1. The number of hydrogen-bond donors (Lipinski definition) is 1. The lowest BCUT2D eigenvalue weighted by atomic mass is 9.88. The van der Waals surface area contributed by atoms with E-state index >= 15 is 0 Å². The highest BCUT2D eigenvalue weighted by molar-refractivity contribution is 7.16. The van der Waals surface area contributed by atoms with Gasteiger partial charge in [0.05, 0.1) is 12.3 Å². The molecule has 0 bridgehead atoms. The Hall–Kier alpha value is -2.37. The first-order valence-corrected chi connectivity index (χ1v) is 11.9. The number of hydrogen-bond acceptors (Lipinski definition) is 4. The quantitative estimate of drug-likeness (QED) is 0.547. The third kappa shape index (κ3) is 3.84. The van der Waals surface area contributed by atoms with Crippen molar-refractivity contribution in [2.24, 2.45) is 0 Å². The van der Waals surface area contributed by atoms with Crippen LogP contribution >= 0.6 is 11.3 Å². The highest BCUT2D eigenvalue weighted by Crippen LogP contribution is 2.46. The Morgan fingerprint density at radius 1 is 0.967 bits per heavy atom. The van der Waals surface area contributed by atoms with Crippen molar-refractivity contribution in [1.82, 2.24) is 4.90 Å². The lowest BCUT2D eigenvalue weighted by molar-refractivity contribution is 0.0996. The van der Waals surface area contributed by atoms with Gasteiger partial charge in [-0.2, -0.15) is 0 Å². The minimum atomic E-state index is -0.162. The molecule has 3 heterocycles. The summed E-state index contributed by atoms with van der Waals surface area (Å²) in [4.78, 5) is 16.9. The van der Waals surface area contributed by atoms with E-state index in [4.69, 9.17) is 4.42 Å². The van der Waals surface area contributed by atoms with E-state index in [0.29, 0.717) is 5.76 Å². The number of nitrogens with zero attached hydrogens (tertiary/aromatic N) is 1. The Bertz CT molecular complexity index is 988. The fourth-order valence-corrected chi connectivity index (χ4v) is 6.23. The molecule has 1 atom stereocenters. The lowest BCUT2D eigenvalue weighted by Crippen LogP contribution is -2.35. The molecule has 30 heavy (non-hydrogen) atoms. The van der Waals surface area contributed by atoms with Crippen LogP contribution in [0.15, 0.2) is 53.1 Å². The van der Waals surface area contributed by atoms with Crippen LogP contribution in [0.2, 0.25) is 0 Å². The summed E-state index contributed by atoms with van der Waals surface area (Å²) in [5.74, 6) is 0.201. The number of likely N-dealkylation sites (tertiary alicyclic amines) is 1. The minimum Gasteiger partial charge on any atom is -0.459 e. The van der Waals surface area contributed by atoms with Crippen molar-refractivity contribution in [2.45, 2.75) is 51.0 Å². The molecular weight excluding hydrogens is 392 g/mol. The standard InChI is InChI=1S/C25H28N2O2S/c28-24(20-13-9-17-29-20)26-25-22(19-12-5-6-14-21(19)30-25)23(18-10-3-1-4-11-18)27-15-7-2-8-16-27/h1,3-4,9-11,13,17,23H,2,5-8,12,14-16H2,(H,26,28)/t23-/m0/s1. The van der Waals surface area contributed by atoms with Crippen LogP contribution in [0.3, 0.4) is 0 Å². The van der Waals surface area contributed by atoms with E-state index in [0.717, 1.165) is 30.9 Å². The van der Waals surface area contributed by atoms with E-state index in [2.05, 4.69) is 40.5 Å². The van der Waals surface area contributed by atoms with Crippen LogP contribution in [0.4, 0.5) is 5.00 Å². The number of fused-ring (bicyclic) bond motifs is 1. The van der Waals surface area contributed by atoms with Gasteiger partial charge in [0.15, 0.2) is 5.76 Å². The molecule has 2 aliphatic rings. The van der Waals surface area contributed by atoms with Gasteiger partial charge in [0.25, 0.3) is 5.91 Å². The van der Waals surface area contributed by atoms with E-state index in [-0.39, 0.29) is 11.9 Å². The number of carbonyl (C=O) groups is 1. The predicted octanol–water partition coefficient (Wildman–Crippen LogP) is 6.05. The van der Waals surface area contributed by atoms with Crippen molar-refractivity contribution in [3.05, 3.63) is 76.1 Å². The number of nitrogens with one attached hydrogen (secondary N) is 1. The number of aryl methyl sites for hydroxylation is 1. The van der Waals surface area contributed by atoms with E-state index in [1.807, 2.05) is 0 Å². The number of carbonyl (C=O) groups excluding carboxylic acids is 1. The van der Waals surface area contributed by atoms with Gasteiger partial charge in [0.2, 0.25) is 0 Å². The Morgan fingerprint density at radius 2 is 1.77 bits per heavy atom. The van der Waals surface area contributed by atoms with Gasteiger partial charge >= 0.3 is 0 Å². The molecule has 0 radical (unpaired) electrons. The Labute approximate surface area is 181 Å². The van der Waals surface area contributed by atoms with Gasteiger partial charge in [-0.1, -0.05) is 36.8 Å². The molecule has 5 rings (SSSR count). The maximum atomic E-state index is 12.9. The molecule has 0 unspecified atom stereocenters. The Morgan fingerprint density at radius 3 is 2.53 bits per heavy atom. The van der Waals surface area contributed by atoms with E-state index in [9.17, 15) is 4.79 Å². The molecule has 1 saturated heterocycles. The topological polar surface area (TPSA) is 45.5 Å². The van der Waals surface area contributed by atoms with Crippen LogP contribution < -0.4 is 5.32 Å². The number of piperidine rings is 1. The van der Waals surface area contributed by atoms with Crippen LogP contribution in [-0.4, -0.2) is 23.9 Å². The summed E-state index contributed by atoms with van der Waals surface area (Å²) in [7, 11) is 0. The van der Waals surface area contributed by atoms with Crippen molar-refractivity contribution in [3.63, 3.8) is 0 Å². The molecule has 1 amide bonds. The average Bonchev–Trinajstić information content (AvgIpc) is 3.45. The van der Waals surface area contributed by atoms with Crippen LogP contribution in [0, 0.1) is 0 Å². The summed E-state index contributed by atoms with van der Waals surface area (Å²) in [5.41, 5.74) is 4.11. The first-order chi connectivity index (χ1) is 14.8. The van der Waals surface area contributed by atoms with Crippen LogP contribution in [0.5, 0.6) is 0 Å². The zero-order valence-electron chi connectivity index (χ0n) is 17.2. The summed E-state index contributed by atoms with van der Waals surface area (Å²) in [6.07, 6.45) is 10.0. The molecule has 3 aromatic rings. The zero-order valence-corrected chi connectivity index (χ0v) is 18.0. The zero-order chi connectivity index (χ0) is 20.3. The molecule has 1 aliphatic carbocycles. The summed E-state index contributed by atoms with van der Waals surface area (Å²) in [6, 6.07) is 14.5. The number of thiophene rings is 1. The highest BCUT2D eigenvalue weighted by Gasteiger charge is 2.32. The maximum Gasteiger partial charge on any atom is 0.291 e. The lowest BCUT2D eigenvalue weighted by Gasteiger charge is -2.36.